The van der Waals surface area contributed by atoms with Gasteiger partial charge in [-0.25, -0.2) is 14.4 Å². The molecule has 0 saturated carbocycles. The molecule has 2 aromatic heterocycles. The van der Waals surface area contributed by atoms with Crippen molar-refractivity contribution in [3.8, 4) is 0 Å². The zero-order chi connectivity index (χ0) is 17.8. The average molecular weight is 342 g/mol. The molecule has 0 aromatic carbocycles. The minimum absolute atomic E-state index is 0.0382. The second kappa shape index (κ2) is 7.53. The molecular formula is C19H20F2N4. The molecule has 1 unspecified atom stereocenters. The highest BCUT2D eigenvalue weighted by molar-refractivity contribution is 5.70. The first kappa shape index (κ1) is 17.2. The number of fused-ring (bicyclic) bond motifs is 1. The lowest BCUT2D eigenvalue weighted by Crippen LogP contribution is -2.16. The monoisotopic (exact) mass is 342 g/mol. The molecule has 0 spiro atoms. The van der Waals surface area contributed by atoms with Crippen LogP contribution in [-0.2, 0) is 0 Å². The molecule has 0 amide bonds. The van der Waals surface area contributed by atoms with E-state index in [1.807, 2.05) is 12.1 Å². The number of aromatic nitrogens is 2. The van der Waals surface area contributed by atoms with Gasteiger partial charge >= 0.3 is 0 Å². The van der Waals surface area contributed by atoms with Gasteiger partial charge in [0.2, 0.25) is 0 Å². The molecular weight excluding hydrogens is 322 g/mol. The van der Waals surface area contributed by atoms with Crippen LogP contribution in [0, 0.1) is 5.82 Å². The lowest BCUT2D eigenvalue weighted by Gasteiger charge is -2.28. The summed E-state index contributed by atoms with van der Waals surface area (Å²) in [5.41, 5.74) is 9.59. The third kappa shape index (κ3) is 3.74. The van der Waals surface area contributed by atoms with E-state index >= 15 is 0 Å². The number of halogens is 2. The van der Waals surface area contributed by atoms with Crippen LogP contribution >= 0.6 is 0 Å². The number of hydrogen-bond acceptors (Lipinski definition) is 4. The Morgan fingerprint density at radius 1 is 1.20 bits per heavy atom. The van der Waals surface area contributed by atoms with Crippen LogP contribution in [0.5, 0.6) is 0 Å². The van der Waals surface area contributed by atoms with Crippen LogP contribution in [0.2, 0.25) is 0 Å². The number of nitrogens with two attached hydrogens (primary N) is 1. The predicted octanol–water partition coefficient (Wildman–Crippen LogP) is 4.10. The molecule has 6 heteroatoms. The van der Waals surface area contributed by atoms with Crippen LogP contribution in [0.3, 0.4) is 0 Å². The number of nitrogens with zero attached hydrogens (tertiary/aromatic N) is 2. The summed E-state index contributed by atoms with van der Waals surface area (Å²) in [4.78, 5) is 8.35. The molecule has 0 bridgehead atoms. The van der Waals surface area contributed by atoms with Crippen LogP contribution in [0.1, 0.15) is 29.9 Å². The molecule has 4 nitrogen and oxygen atoms in total. The van der Waals surface area contributed by atoms with E-state index in [1.54, 1.807) is 12.3 Å². The van der Waals surface area contributed by atoms with E-state index in [1.165, 1.54) is 6.07 Å². The van der Waals surface area contributed by atoms with Gasteiger partial charge in [0.25, 0.3) is 0 Å². The average Bonchev–Trinajstić information content (AvgIpc) is 2.61. The molecule has 1 aliphatic carbocycles. The Morgan fingerprint density at radius 2 is 2.00 bits per heavy atom. The standard InChI is InChI=1S/C19H20F2N4/c1-12-13(4-6-20)8-14-10-23-19(9-17(14)16(12)5-7-22)25-18-3-2-15(21)11-24-18/h2-3,8-11,16H,1,4-7,22H2,(H,23,24,25). The lowest BCUT2D eigenvalue weighted by molar-refractivity contribution is 0.493. The van der Waals surface area contributed by atoms with Crippen molar-refractivity contribution >= 4 is 17.7 Å². The van der Waals surface area contributed by atoms with Gasteiger partial charge in [0.05, 0.1) is 12.9 Å². The third-order valence-electron chi connectivity index (χ3n) is 4.31. The van der Waals surface area contributed by atoms with E-state index in [4.69, 9.17) is 5.73 Å². The number of nitrogens with one attached hydrogen (secondary N) is 1. The largest absolute Gasteiger partial charge is 0.330 e. The molecule has 0 aliphatic heterocycles. The van der Waals surface area contributed by atoms with Crippen molar-refractivity contribution in [3.05, 3.63) is 65.3 Å². The fraction of sp³-hybridized carbons (Fsp3) is 0.263. The Balaban J connectivity index is 1.94. The highest BCUT2D eigenvalue weighted by atomic mass is 19.1. The molecule has 130 valence electrons. The van der Waals surface area contributed by atoms with Crippen LogP contribution in [0.15, 0.2) is 48.3 Å². The van der Waals surface area contributed by atoms with Crippen molar-refractivity contribution in [1.29, 1.82) is 0 Å². The third-order valence-corrected chi connectivity index (χ3v) is 4.31. The predicted molar refractivity (Wildman–Crippen MR) is 95.8 cm³/mol. The van der Waals surface area contributed by atoms with Crippen molar-refractivity contribution < 1.29 is 8.78 Å². The molecule has 2 aromatic rings. The summed E-state index contributed by atoms with van der Waals surface area (Å²) in [6.07, 6.45) is 5.91. The van der Waals surface area contributed by atoms with E-state index in [0.29, 0.717) is 24.6 Å². The number of anilines is 2. The normalized spacial score (nSPS) is 16.4. The minimum atomic E-state index is -0.418. The Kier molecular flexibility index (Phi) is 5.19. The van der Waals surface area contributed by atoms with Crippen LogP contribution < -0.4 is 11.1 Å². The Labute approximate surface area is 145 Å². The van der Waals surface area contributed by atoms with E-state index in [0.717, 1.165) is 34.9 Å². The summed E-state index contributed by atoms with van der Waals surface area (Å²) in [6.45, 7) is 4.24. The zero-order valence-corrected chi connectivity index (χ0v) is 13.8. The maximum Gasteiger partial charge on any atom is 0.141 e. The quantitative estimate of drug-likeness (QED) is 0.829. The van der Waals surface area contributed by atoms with Gasteiger partial charge in [-0.3, -0.25) is 4.39 Å². The second-order valence-corrected chi connectivity index (χ2v) is 5.95. The summed E-state index contributed by atoms with van der Waals surface area (Å²) >= 11 is 0. The molecule has 0 fully saturated rings. The smallest absolute Gasteiger partial charge is 0.141 e. The number of hydrogen-bond donors (Lipinski definition) is 2. The zero-order valence-electron chi connectivity index (χ0n) is 13.8. The number of allylic oxidation sites excluding steroid dienone is 2. The van der Waals surface area contributed by atoms with Gasteiger partial charge < -0.3 is 11.1 Å². The SMILES string of the molecule is C=C1C(CCF)=Cc2cnc(Nc3ccc(F)cn3)cc2C1CCN. The second-order valence-electron chi connectivity index (χ2n) is 5.95. The molecule has 3 N–H and O–H groups in total. The summed E-state index contributed by atoms with van der Waals surface area (Å²) in [5.74, 6) is 0.757. The fourth-order valence-electron chi connectivity index (χ4n) is 3.08. The maximum absolute atomic E-state index is 13.0. The fourth-order valence-corrected chi connectivity index (χ4v) is 3.08. The van der Waals surface area contributed by atoms with E-state index in [9.17, 15) is 8.78 Å². The summed E-state index contributed by atoms with van der Waals surface area (Å²) in [6, 6.07) is 4.80. The van der Waals surface area contributed by atoms with Crippen molar-refractivity contribution in [2.75, 3.05) is 18.5 Å². The molecule has 0 saturated heterocycles. The molecule has 1 atom stereocenters. The molecule has 2 heterocycles. The number of rotatable bonds is 6. The summed E-state index contributed by atoms with van der Waals surface area (Å²) in [5, 5.41) is 3.06. The number of pyridine rings is 2. The van der Waals surface area contributed by atoms with Crippen LogP contribution in [0.4, 0.5) is 20.4 Å². The van der Waals surface area contributed by atoms with Gasteiger partial charge in [-0.05, 0) is 59.5 Å². The van der Waals surface area contributed by atoms with E-state index < -0.39 is 12.5 Å². The van der Waals surface area contributed by atoms with Crippen molar-refractivity contribution in [3.63, 3.8) is 0 Å². The molecule has 25 heavy (non-hydrogen) atoms. The first-order valence-electron chi connectivity index (χ1n) is 8.16. The number of alkyl halides is 1. The Hall–Kier alpha value is -2.60. The highest BCUT2D eigenvalue weighted by Crippen LogP contribution is 2.40. The van der Waals surface area contributed by atoms with Crippen molar-refractivity contribution in [2.45, 2.75) is 18.8 Å². The highest BCUT2D eigenvalue weighted by Gasteiger charge is 2.25. The van der Waals surface area contributed by atoms with Crippen LogP contribution in [0.25, 0.3) is 6.08 Å². The van der Waals surface area contributed by atoms with E-state index in [-0.39, 0.29) is 5.92 Å². The topological polar surface area (TPSA) is 63.8 Å². The Morgan fingerprint density at radius 3 is 2.68 bits per heavy atom. The first-order chi connectivity index (χ1) is 12.1. The van der Waals surface area contributed by atoms with Crippen molar-refractivity contribution in [1.82, 2.24) is 9.97 Å². The summed E-state index contributed by atoms with van der Waals surface area (Å²) in [7, 11) is 0. The lowest BCUT2D eigenvalue weighted by atomic mass is 9.78. The molecule has 0 radical (unpaired) electrons. The Bertz CT molecular complexity index is 800. The minimum Gasteiger partial charge on any atom is -0.330 e. The first-order valence-corrected chi connectivity index (χ1v) is 8.16. The summed E-state index contributed by atoms with van der Waals surface area (Å²) < 4.78 is 25.8. The van der Waals surface area contributed by atoms with Gasteiger partial charge in [0, 0.05) is 18.5 Å². The van der Waals surface area contributed by atoms with Gasteiger partial charge in [-0.15, -0.1) is 0 Å². The van der Waals surface area contributed by atoms with Gasteiger partial charge in [-0.2, -0.15) is 0 Å². The van der Waals surface area contributed by atoms with Gasteiger partial charge in [-0.1, -0.05) is 6.58 Å². The van der Waals surface area contributed by atoms with Gasteiger partial charge in [0.15, 0.2) is 0 Å². The van der Waals surface area contributed by atoms with E-state index in [2.05, 4.69) is 21.9 Å². The van der Waals surface area contributed by atoms with Crippen molar-refractivity contribution in [2.24, 2.45) is 5.73 Å². The van der Waals surface area contributed by atoms with Gasteiger partial charge in [0.1, 0.15) is 17.5 Å². The molecule has 1 aliphatic rings. The van der Waals surface area contributed by atoms with Crippen LogP contribution in [-0.4, -0.2) is 23.2 Å². The molecule has 3 rings (SSSR count). The maximum atomic E-state index is 13.0.